The first-order valence-electron chi connectivity index (χ1n) is 2.49. The summed E-state index contributed by atoms with van der Waals surface area (Å²) in [5.41, 5.74) is 4.62. The molecule has 2 N–H and O–H groups in total. The molecule has 0 spiro atoms. The quantitative estimate of drug-likeness (QED) is 0.564. The number of hydrogen-bond acceptors (Lipinski definition) is 1. The van der Waals surface area contributed by atoms with Crippen molar-refractivity contribution in [2.45, 2.75) is 20.0 Å². The summed E-state index contributed by atoms with van der Waals surface area (Å²) < 4.78 is 12.2. The maximum Gasteiger partial charge on any atom is 0.252 e. The van der Waals surface area contributed by atoms with Crippen molar-refractivity contribution in [1.82, 2.24) is 0 Å². The Kier molecular flexibility index (Phi) is 2.45. The predicted molar refractivity (Wildman–Crippen MR) is 28.9 cm³/mol. The Bertz CT molecular complexity index is 92.4. The van der Waals surface area contributed by atoms with Crippen LogP contribution in [-0.2, 0) is 4.79 Å². The van der Waals surface area contributed by atoms with Gasteiger partial charge in [0.05, 0.1) is 0 Å². The molecular weight excluding hydrogens is 109 g/mol. The Balaban J connectivity index is 3.64. The summed E-state index contributed by atoms with van der Waals surface area (Å²) in [6.07, 6.45) is -1.49. The molecule has 0 saturated heterocycles. The second-order valence-electron chi connectivity index (χ2n) is 2.05. The van der Waals surface area contributed by atoms with Crippen LogP contribution in [0, 0.1) is 5.92 Å². The van der Waals surface area contributed by atoms with Crippen LogP contribution in [0.3, 0.4) is 0 Å². The smallest absolute Gasteiger partial charge is 0.252 e. The summed E-state index contributed by atoms with van der Waals surface area (Å²) in [6, 6.07) is 0. The largest absolute Gasteiger partial charge is 0.367 e. The molecule has 3 heteroatoms. The molecule has 0 aromatic carbocycles. The molecule has 0 fully saturated rings. The van der Waals surface area contributed by atoms with Crippen molar-refractivity contribution in [2.24, 2.45) is 11.7 Å². The van der Waals surface area contributed by atoms with Crippen LogP contribution >= 0.6 is 0 Å². The van der Waals surface area contributed by atoms with Gasteiger partial charge in [0.1, 0.15) is 0 Å². The molecule has 0 bridgehead atoms. The van der Waals surface area contributed by atoms with Crippen molar-refractivity contribution in [2.75, 3.05) is 0 Å². The maximum absolute atomic E-state index is 12.2. The number of carbonyl (C=O) groups excluding carboxylic acids is 1. The minimum Gasteiger partial charge on any atom is -0.367 e. The zero-order valence-electron chi connectivity index (χ0n) is 5.02. The van der Waals surface area contributed by atoms with Gasteiger partial charge in [-0.05, 0) is 5.92 Å². The summed E-state index contributed by atoms with van der Waals surface area (Å²) in [4.78, 5) is 9.99. The van der Waals surface area contributed by atoms with Crippen LogP contribution in [0.25, 0.3) is 0 Å². The molecule has 0 aromatic heterocycles. The number of nitrogens with two attached hydrogens (primary N) is 1. The number of alkyl halides is 1. The average molecular weight is 119 g/mol. The van der Waals surface area contributed by atoms with E-state index in [1.165, 1.54) is 0 Å². The fraction of sp³-hybridized carbons (Fsp3) is 0.800. The molecule has 0 aromatic rings. The van der Waals surface area contributed by atoms with Crippen LogP contribution in [-0.4, -0.2) is 12.1 Å². The van der Waals surface area contributed by atoms with E-state index in [9.17, 15) is 9.18 Å². The second-order valence-corrected chi connectivity index (χ2v) is 2.05. The Morgan fingerprint density at radius 1 is 1.62 bits per heavy atom. The minimum atomic E-state index is -1.49. The van der Waals surface area contributed by atoms with Gasteiger partial charge < -0.3 is 5.73 Å². The van der Waals surface area contributed by atoms with E-state index in [4.69, 9.17) is 0 Å². The van der Waals surface area contributed by atoms with E-state index in [-0.39, 0.29) is 5.92 Å². The number of rotatable bonds is 2. The van der Waals surface area contributed by atoms with E-state index < -0.39 is 12.1 Å². The lowest BCUT2D eigenvalue weighted by Crippen LogP contribution is -2.28. The van der Waals surface area contributed by atoms with Crippen LogP contribution in [0.5, 0.6) is 0 Å². The lowest BCUT2D eigenvalue weighted by Gasteiger charge is -2.04. The van der Waals surface area contributed by atoms with E-state index in [1.54, 1.807) is 13.8 Å². The highest BCUT2D eigenvalue weighted by Crippen LogP contribution is 2.03. The van der Waals surface area contributed by atoms with E-state index in [1.807, 2.05) is 0 Å². The predicted octanol–water partition coefficient (Wildman–Crippen LogP) is 0.466. The zero-order valence-corrected chi connectivity index (χ0v) is 5.02. The minimum absolute atomic E-state index is 0.299. The normalized spacial score (nSPS) is 14.0. The van der Waals surface area contributed by atoms with E-state index in [0.29, 0.717) is 0 Å². The summed E-state index contributed by atoms with van der Waals surface area (Å²) in [6.45, 7) is 3.21. The van der Waals surface area contributed by atoms with Gasteiger partial charge in [0, 0.05) is 0 Å². The van der Waals surface area contributed by atoms with Crippen molar-refractivity contribution < 1.29 is 9.18 Å². The first-order valence-corrected chi connectivity index (χ1v) is 2.49. The Morgan fingerprint density at radius 2 is 2.00 bits per heavy atom. The van der Waals surface area contributed by atoms with Gasteiger partial charge in [-0.15, -0.1) is 0 Å². The topological polar surface area (TPSA) is 43.1 Å². The molecule has 48 valence electrons. The molecule has 8 heavy (non-hydrogen) atoms. The van der Waals surface area contributed by atoms with Crippen LogP contribution in [0.2, 0.25) is 0 Å². The first-order chi connectivity index (χ1) is 3.55. The fourth-order valence-electron chi connectivity index (χ4n) is 0.329. The SMILES string of the molecule is CC(C)[C@H](F)C(N)=O. The van der Waals surface area contributed by atoms with Crippen molar-refractivity contribution in [3.63, 3.8) is 0 Å². The van der Waals surface area contributed by atoms with Gasteiger partial charge in [-0.25, -0.2) is 4.39 Å². The highest BCUT2D eigenvalue weighted by Gasteiger charge is 2.16. The molecule has 0 saturated carbocycles. The molecule has 0 unspecified atom stereocenters. The van der Waals surface area contributed by atoms with E-state index in [0.717, 1.165) is 0 Å². The number of amides is 1. The van der Waals surface area contributed by atoms with Crippen molar-refractivity contribution in [1.29, 1.82) is 0 Å². The molecule has 1 atom stereocenters. The Morgan fingerprint density at radius 3 is 2.00 bits per heavy atom. The maximum atomic E-state index is 12.2. The standard InChI is InChI=1S/C5H10FNO/c1-3(2)4(6)5(7)8/h3-4H,1-2H3,(H2,7,8)/t4-/m0/s1. The lowest BCUT2D eigenvalue weighted by molar-refractivity contribution is -0.124. The first kappa shape index (κ1) is 7.40. The summed E-state index contributed by atoms with van der Waals surface area (Å²) in [7, 11) is 0. The third kappa shape index (κ3) is 1.91. The Hall–Kier alpha value is -0.600. The molecule has 0 aliphatic rings. The van der Waals surface area contributed by atoms with Gasteiger partial charge in [0.25, 0.3) is 5.91 Å². The van der Waals surface area contributed by atoms with Crippen LogP contribution in [0.1, 0.15) is 13.8 Å². The highest BCUT2D eigenvalue weighted by molar-refractivity contribution is 5.78. The monoisotopic (exact) mass is 119 g/mol. The average Bonchev–Trinajstić information content (AvgIpc) is 1.64. The number of carbonyl (C=O) groups is 1. The van der Waals surface area contributed by atoms with Gasteiger partial charge in [-0.1, -0.05) is 13.8 Å². The second kappa shape index (κ2) is 2.64. The molecule has 0 aliphatic carbocycles. The van der Waals surface area contributed by atoms with Crippen LogP contribution < -0.4 is 5.73 Å². The van der Waals surface area contributed by atoms with Gasteiger partial charge in [-0.3, -0.25) is 4.79 Å². The molecule has 0 radical (unpaired) electrons. The zero-order chi connectivity index (χ0) is 6.73. The summed E-state index contributed by atoms with van der Waals surface area (Å²) >= 11 is 0. The van der Waals surface area contributed by atoms with Gasteiger partial charge in [0.2, 0.25) is 0 Å². The molecule has 0 rings (SSSR count). The van der Waals surface area contributed by atoms with Crippen LogP contribution in [0.15, 0.2) is 0 Å². The van der Waals surface area contributed by atoms with Crippen LogP contribution in [0.4, 0.5) is 4.39 Å². The van der Waals surface area contributed by atoms with Gasteiger partial charge in [-0.2, -0.15) is 0 Å². The molecule has 0 heterocycles. The number of primary amides is 1. The van der Waals surface area contributed by atoms with Gasteiger partial charge in [0.15, 0.2) is 6.17 Å². The van der Waals surface area contributed by atoms with E-state index in [2.05, 4.69) is 5.73 Å². The molecule has 1 amide bonds. The summed E-state index contributed by atoms with van der Waals surface area (Å²) in [5, 5.41) is 0. The third-order valence-electron chi connectivity index (χ3n) is 0.857. The number of halogens is 1. The van der Waals surface area contributed by atoms with Gasteiger partial charge >= 0.3 is 0 Å². The molecule has 2 nitrogen and oxygen atoms in total. The fourth-order valence-corrected chi connectivity index (χ4v) is 0.329. The molecule has 0 aliphatic heterocycles. The number of hydrogen-bond donors (Lipinski definition) is 1. The third-order valence-corrected chi connectivity index (χ3v) is 0.857. The Labute approximate surface area is 47.9 Å². The summed E-state index contributed by atoms with van der Waals surface area (Å²) in [5.74, 6) is -1.17. The molecular formula is C5H10FNO. The van der Waals surface area contributed by atoms with Crippen molar-refractivity contribution in [3.05, 3.63) is 0 Å². The van der Waals surface area contributed by atoms with E-state index >= 15 is 0 Å². The lowest BCUT2D eigenvalue weighted by atomic mass is 10.1. The highest BCUT2D eigenvalue weighted by atomic mass is 19.1. The van der Waals surface area contributed by atoms with Crippen molar-refractivity contribution >= 4 is 5.91 Å². The van der Waals surface area contributed by atoms with Crippen molar-refractivity contribution in [3.8, 4) is 0 Å².